The standard InChI is InChI=1S/C27H26N2O4/c1-15-7-3-4-8-16(15)25(30)28(21-9-5-6-10-22(21)33-2)14-29-26(31)23-17-11-12-18(20-13-19(17)20)24(23)27(29)32/h3-12,17-20,23-24H,13-14H2,1-2H3/t17-,18-,19-,20+,23+,24+/m1/s1. The van der Waals surface area contributed by atoms with E-state index in [0.29, 0.717) is 28.8 Å². The fraction of sp³-hybridized carbons (Fsp3) is 0.370. The van der Waals surface area contributed by atoms with Gasteiger partial charge in [-0.25, -0.2) is 0 Å². The number of benzene rings is 2. The van der Waals surface area contributed by atoms with Gasteiger partial charge in [-0.1, -0.05) is 42.5 Å². The molecule has 2 saturated carbocycles. The van der Waals surface area contributed by atoms with Gasteiger partial charge in [-0.05, 0) is 60.8 Å². The van der Waals surface area contributed by atoms with Crippen molar-refractivity contribution in [2.24, 2.45) is 35.5 Å². The maximum absolute atomic E-state index is 13.8. The van der Waals surface area contributed by atoms with Gasteiger partial charge < -0.3 is 4.74 Å². The Hall–Kier alpha value is -3.41. The number of aryl methyl sites for hydroxylation is 1. The Kier molecular flexibility index (Phi) is 4.47. The fourth-order valence-corrected chi connectivity index (χ4v) is 6.36. The predicted molar refractivity (Wildman–Crippen MR) is 122 cm³/mol. The number of carbonyl (C=O) groups is 3. The minimum absolute atomic E-state index is 0.118. The largest absolute Gasteiger partial charge is 0.495 e. The maximum atomic E-state index is 13.8. The normalized spacial score (nSPS) is 30.8. The monoisotopic (exact) mass is 442 g/mol. The number of allylic oxidation sites excluding steroid dienone is 2. The Morgan fingerprint density at radius 1 is 0.970 bits per heavy atom. The predicted octanol–water partition coefficient (Wildman–Crippen LogP) is 3.66. The molecule has 2 aromatic rings. The smallest absolute Gasteiger partial charge is 0.260 e. The Morgan fingerprint density at radius 3 is 2.21 bits per heavy atom. The van der Waals surface area contributed by atoms with Crippen molar-refractivity contribution in [1.82, 2.24) is 4.90 Å². The molecule has 0 spiro atoms. The minimum atomic E-state index is -0.288. The van der Waals surface area contributed by atoms with Gasteiger partial charge in [-0.2, -0.15) is 0 Å². The lowest BCUT2D eigenvalue weighted by Gasteiger charge is -2.37. The van der Waals surface area contributed by atoms with Crippen LogP contribution in [-0.2, 0) is 9.59 Å². The van der Waals surface area contributed by atoms with Crippen LogP contribution >= 0.6 is 0 Å². The van der Waals surface area contributed by atoms with Crippen LogP contribution in [0.3, 0.4) is 0 Å². The lowest BCUT2D eigenvalue weighted by atomic mass is 9.63. The van der Waals surface area contributed by atoms with Gasteiger partial charge in [0.05, 0.1) is 24.6 Å². The van der Waals surface area contributed by atoms with Gasteiger partial charge in [-0.3, -0.25) is 24.2 Å². The van der Waals surface area contributed by atoms with Gasteiger partial charge in [0.15, 0.2) is 0 Å². The number of amides is 3. The number of hydrogen-bond acceptors (Lipinski definition) is 4. The Labute approximate surface area is 192 Å². The zero-order valence-electron chi connectivity index (χ0n) is 18.7. The van der Waals surface area contributed by atoms with Crippen molar-refractivity contribution in [2.45, 2.75) is 13.3 Å². The molecule has 0 radical (unpaired) electrons. The van der Waals surface area contributed by atoms with E-state index in [1.165, 1.54) is 9.80 Å². The summed E-state index contributed by atoms with van der Waals surface area (Å²) in [7, 11) is 1.55. The lowest BCUT2D eigenvalue weighted by Crippen LogP contribution is -2.45. The van der Waals surface area contributed by atoms with Crippen LogP contribution in [0.1, 0.15) is 22.3 Å². The van der Waals surface area contributed by atoms with Crippen LogP contribution < -0.4 is 9.64 Å². The fourth-order valence-electron chi connectivity index (χ4n) is 6.36. The molecule has 3 fully saturated rings. The molecule has 5 aliphatic rings. The molecular formula is C27H26N2O4. The number of anilines is 1. The van der Waals surface area contributed by atoms with E-state index in [0.717, 1.165) is 12.0 Å². The summed E-state index contributed by atoms with van der Waals surface area (Å²) in [5.74, 6) is 0.758. The lowest BCUT2D eigenvalue weighted by molar-refractivity contribution is -0.140. The molecule has 0 aromatic heterocycles. The van der Waals surface area contributed by atoms with E-state index < -0.39 is 0 Å². The molecule has 4 aliphatic carbocycles. The van der Waals surface area contributed by atoms with Crippen LogP contribution in [0.5, 0.6) is 5.75 Å². The molecule has 1 saturated heterocycles. The SMILES string of the molecule is COc1ccccc1N(CN1C(=O)[C@H]2[C@@H]3C=C[C@H]([C@@H]4C[C@H]34)[C@@H]2C1=O)C(=O)c1ccccc1C. The molecule has 6 atom stereocenters. The highest BCUT2D eigenvalue weighted by Gasteiger charge is 2.67. The summed E-state index contributed by atoms with van der Waals surface area (Å²) in [6.45, 7) is 1.76. The summed E-state index contributed by atoms with van der Waals surface area (Å²) in [6.07, 6.45) is 5.44. The molecule has 6 nitrogen and oxygen atoms in total. The molecule has 3 amide bonds. The van der Waals surface area contributed by atoms with E-state index in [4.69, 9.17) is 4.74 Å². The molecule has 6 heteroatoms. The minimum Gasteiger partial charge on any atom is -0.495 e. The number of likely N-dealkylation sites (tertiary alicyclic amines) is 1. The Morgan fingerprint density at radius 2 is 1.58 bits per heavy atom. The molecule has 0 N–H and O–H groups in total. The van der Waals surface area contributed by atoms with Crippen molar-refractivity contribution in [3.05, 3.63) is 71.8 Å². The first kappa shape index (κ1) is 20.2. The molecule has 1 heterocycles. The molecule has 2 aromatic carbocycles. The van der Waals surface area contributed by atoms with Gasteiger partial charge in [0.1, 0.15) is 12.4 Å². The second kappa shape index (κ2) is 7.30. The van der Waals surface area contributed by atoms with Gasteiger partial charge in [-0.15, -0.1) is 0 Å². The second-order valence-electron chi connectivity index (χ2n) is 9.62. The quantitative estimate of drug-likeness (QED) is 0.524. The van der Waals surface area contributed by atoms with Crippen molar-refractivity contribution in [2.75, 3.05) is 18.7 Å². The van der Waals surface area contributed by atoms with Gasteiger partial charge in [0.25, 0.3) is 5.91 Å². The Balaban J connectivity index is 1.38. The van der Waals surface area contributed by atoms with Crippen molar-refractivity contribution in [3.8, 4) is 5.75 Å². The van der Waals surface area contributed by atoms with Crippen LogP contribution in [0.4, 0.5) is 5.69 Å². The van der Waals surface area contributed by atoms with E-state index in [9.17, 15) is 14.4 Å². The van der Waals surface area contributed by atoms with Gasteiger partial charge in [0.2, 0.25) is 11.8 Å². The highest BCUT2D eigenvalue weighted by molar-refractivity contribution is 6.10. The number of para-hydroxylation sites is 2. The Bertz CT molecular complexity index is 1170. The van der Waals surface area contributed by atoms with Crippen LogP contribution in [0.15, 0.2) is 60.7 Å². The van der Waals surface area contributed by atoms with Crippen LogP contribution in [0.25, 0.3) is 0 Å². The molecule has 33 heavy (non-hydrogen) atoms. The number of ether oxygens (including phenoxy) is 1. The van der Waals surface area contributed by atoms with E-state index >= 15 is 0 Å². The van der Waals surface area contributed by atoms with Gasteiger partial charge in [0, 0.05) is 5.56 Å². The number of methoxy groups -OCH3 is 1. The number of rotatable bonds is 5. The highest BCUT2D eigenvalue weighted by atomic mass is 16.5. The summed E-state index contributed by atoms with van der Waals surface area (Å²) < 4.78 is 5.53. The summed E-state index contributed by atoms with van der Waals surface area (Å²) in [5, 5.41) is 0. The maximum Gasteiger partial charge on any atom is 0.260 e. The van der Waals surface area contributed by atoms with Gasteiger partial charge >= 0.3 is 0 Å². The second-order valence-corrected chi connectivity index (χ2v) is 9.62. The first-order valence-corrected chi connectivity index (χ1v) is 11.6. The van der Waals surface area contributed by atoms with Crippen LogP contribution in [0.2, 0.25) is 0 Å². The zero-order chi connectivity index (χ0) is 22.9. The molecule has 168 valence electrons. The third kappa shape index (κ3) is 2.89. The van der Waals surface area contributed by atoms with E-state index in [1.807, 2.05) is 37.3 Å². The summed E-state index contributed by atoms with van der Waals surface area (Å²) >= 11 is 0. The molecule has 7 rings (SSSR count). The average Bonchev–Trinajstić information content (AvgIpc) is 3.62. The number of hydrogen-bond donors (Lipinski definition) is 0. The molecule has 0 unspecified atom stereocenters. The van der Waals surface area contributed by atoms with Crippen molar-refractivity contribution in [3.63, 3.8) is 0 Å². The zero-order valence-corrected chi connectivity index (χ0v) is 18.7. The van der Waals surface area contributed by atoms with Crippen LogP contribution in [-0.4, -0.2) is 36.4 Å². The number of carbonyl (C=O) groups excluding carboxylic acids is 3. The van der Waals surface area contributed by atoms with E-state index in [-0.39, 0.29) is 48.1 Å². The van der Waals surface area contributed by atoms with E-state index in [2.05, 4.69) is 12.2 Å². The highest BCUT2D eigenvalue weighted by Crippen LogP contribution is 2.65. The summed E-state index contributed by atoms with van der Waals surface area (Å²) in [6, 6.07) is 14.6. The van der Waals surface area contributed by atoms with Crippen molar-refractivity contribution >= 4 is 23.4 Å². The van der Waals surface area contributed by atoms with Crippen molar-refractivity contribution < 1.29 is 19.1 Å². The molecule has 1 aliphatic heterocycles. The number of nitrogens with zero attached hydrogens (tertiary/aromatic N) is 2. The first-order chi connectivity index (χ1) is 16.0. The first-order valence-electron chi connectivity index (χ1n) is 11.6. The summed E-state index contributed by atoms with van der Waals surface area (Å²) in [5.41, 5.74) is 1.90. The third-order valence-electron chi connectivity index (χ3n) is 8.03. The molecular weight excluding hydrogens is 416 g/mol. The van der Waals surface area contributed by atoms with Crippen LogP contribution in [0, 0.1) is 42.4 Å². The average molecular weight is 443 g/mol. The topological polar surface area (TPSA) is 66.9 Å². The third-order valence-corrected chi connectivity index (χ3v) is 8.03. The summed E-state index contributed by atoms with van der Waals surface area (Å²) in [4.78, 5) is 43.7. The number of imide groups is 1. The van der Waals surface area contributed by atoms with E-state index in [1.54, 1.807) is 25.3 Å². The van der Waals surface area contributed by atoms with Crippen molar-refractivity contribution in [1.29, 1.82) is 0 Å². The molecule has 2 bridgehead atoms.